The van der Waals surface area contributed by atoms with E-state index in [1.807, 2.05) is 39.0 Å². The van der Waals surface area contributed by atoms with E-state index >= 15 is 0 Å². The van der Waals surface area contributed by atoms with Crippen LogP contribution in [0.1, 0.15) is 54.4 Å². The maximum absolute atomic E-state index is 11.4. The largest absolute Gasteiger partial charge is 0.463 e. The van der Waals surface area contributed by atoms with Crippen LogP contribution in [0.2, 0.25) is 0 Å². The lowest BCUT2D eigenvalue weighted by Crippen LogP contribution is -2.27. The summed E-state index contributed by atoms with van der Waals surface area (Å²) in [7, 11) is 0. The monoisotopic (exact) mass is 344 g/mol. The normalized spacial score (nSPS) is 22.1. The summed E-state index contributed by atoms with van der Waals surface area (Å²) in [5, 5.41) is 10.1. The molecule has 0 bridgehead atoms. The molecule has 0 aliphatic heterocycles. The van der Waals surface area contributed by atoms with E-state index in [2.05, 4.69) is 26.0 Å². The molecular formula is C22H32O3. The average Bonchev–Trinajstić information content (AvgIpc) is 2.51. The summed E-state index contributed by atoms with van der Waals surface area (Å²) in [6, 6.07) is 0. The summed E-state index contributed by atoms with van der Waals surface area (Å²) in [6.45, 7) is 12.6. The average molecular weight is 344 g/mol. The molecule has 0 amide bonds. The molecule has 0 spiro atoms. The van der Waals surface area contributed by atoms with Crippen molar-refractivity contribution in [2.24, 2.45) is 5.41 Å². The number of aliphatic hydroxyl groups is 1. The Hall–Kier alpha value is -1.87. The van der Waals surface area contributed by atoms with Crippen molar-refractivity contribution in [3.05, 3.63) is 58.7 Å². The zero-order valence-corrected chi connectivity index (χ0v) is 16.4. The summed E-state index contributed by atoms with van der Waals surface area (Å²) >= 11 is 0. The van der Waals surface area contributed by atoms with Crippen LogP contribution >= 0.6 is 0 Å². The number of hydrogen-bond acceptors (Lipinski definition) is 3. The number of carbonyl (C=O) groups is 1. The van der Waals surface area contributed by atoms with Crippen LogP contribution in [0.25, 0.3) is 0 Å². The first kappa shape index (κ1) is 21.2. The summed E-state index contributed by atoms with van der Waals surface area (Å²) in [5.41, 5.74) is 4.35. The third kappa shape index (κ3) is 6.87. The molecule has 0 fully saturated rings. The van der Waals surface area contributed by atoms with Gasteiger partial charge in [-0.2, -0.15) is 0 Å². The van der Waals surface area contributed by atoms with Crippen molar-refractivity contribution < 1.29 is 14.6 Å². The zero-order valence-electron chi connectivity index (χ0n) is 16.4. The molecule has 1 aliphatic rings. The second-order valence-corrected chi connectivity index (χ2v) is 7.28. The first-order valence-electron chi connectivity index (χ1n) is 8.94. The molecule has 0 radical (unpaired) electrons. The number of aliphatic hydroxyl groups excluding tert-OH is 1. The van der Waals surface area contributed by atoms with Crippen molar-refractivity contribution in [3.8, 4) is 0 Å². The Kier molecular flexibility index (Phi) is 8.11. The molecule has 1 atom stereocenters. The summed E-state index contributed by atoms with van der Waals surface area (Å²) in [6.07, 6.45) is 13.0. The maximum atomic E-state index is 11.4. The Morgan fingerprint density at radius 1 is 1.28 bits per heavy atom. The fraction of sp³-hybridized carbons (Fsp3) is 0.500. The molecular weight excluding hydrogens is 312 g/mol. The number of hydrogen-bond donors (Lipinski definition) is 1. The van der Waals surface area contributed by atoms with E-state index in [1.165, 1.54) is 11.6 Å². The molecule has 0 aromatic heterocycles. The third-order valence-corrected chi connectivity index (χ3v) is 4.56. The molecule has 0 saturated heterocycles. The van der Waals surface area contributed by atoms with Crippen LogP contribution in [0.15, 0.2) is 58.7 Å². The number of allylic oxidation sites excluding steroid dienone is 8. The highest BCUT2D eigenvalue weighted by Crippen LogP contribution is 2.40. The number of carbonyl (C=O) groups excluding carboxylic acids is 1. The van der Waals surface area contributed by atoms with E-state index in [0.717, 1.165) is 29.6 Å². The minimum absolute atomic E-state index is 0.0922. The lowest BCUT2D eigenvalue weighted by Gasteiger charge is -2.35. The van der Waals surface area contributed by atoms with E-state index in [4.69, 9.17) is 4.74 Å². The van der Waals surface area contributed by atoms with Gasteiger partial charge in [0.25, 0.3) is 0 Å². The molecule has 0 heterocycles. The Bertz CT molecular complexity index is 628. The SMILES string of the molecule is CCOC(=O)/C=C(C)/C=C/C=C(C)/C=C/C1=C(C)C(O)CCC1(C)C. The summed E-state index contributed by atoms with van der Waals surface area (Å²) in [4.78, 5) is 11.4. The van der Waals surface area contributed by atoms with E-state index < -0.39 is 0 Å². The van der Waals surface area contributed by atoms with Gasteiger partial charge in [0, 0.05) is 6.08 Å². The highest BCUT2D eigenvalue weighted by molar-refractivity contribution is 5.83. The predicted molar refractivity (Wildman–Crippen MR) is 104 cm³/mol. The van der Waals surface area contributed by atoms with Gasteiger partial charge in [0.2, 0.25) is 0 Å². The second-order valence-electron chi connectivity index (χ2n) is 7.28. The molecule has 0 aromatic rings. The lowest BCUT2D eigenvalue weighted by molar-refractivity contribution is -0.137. The standard InChI is InChI=1S/C22H32O3/c1-7-25-21(24)15-17(3)10-8-9-16(2)11-12-19-18(4)20(23)13-14-22(19,5)6/h8-12,15,20,23H,7,13-14H2,1-6H3/b10-8+,12-11+,16-9+,17-15+. The lowest BCUT2D eigenvalue weighted by atomic mass is 9.71. The van der Waals surface area contributed by atoms with Crippen LogP contribution < -0.4 is 0 Å². The van der Waals surface area contributed by atoms with Crippen molar-refractivity contribution in [3.63, 3.8) is 0 Å². The maximum Gasteiger partial charge on any atom is 0.330 e. The predicted octanol–water partition coefficient (Wildman–Crippen LogP) is 5.05. The van der Waals surface area contributed by atoms with Crippen LogP contribution in [-0.4, -0.2) is 23.8 Å². The van der Waals surface area contributed by atoms with Crippen LogP contribution in [0.5, 0.6) is 0 Å². The third-order valence-electron chi connectivity index (χ3n) is 4.56. The zero-order chi connectivity index (χ0) is 19.0. The molecule has 138 valence electrons. The number of ether oxygens (including phenoxy) is 1. The van der Waals surface area contributed by atoms with Gasteiger partial charge in [0.15, 0.2) is 0 Å². The van der Waals surface area contributed by atoms with Gasteiger partial charge in [-0.05, 0) is 62.7 Å². The minimum Gasteiger partial charge on any atom is -0.463 e. The van der Waals surface area contributed by atoms with Gasteiger partial charge >= 0.3 is 5.97 Å². The molecule has 25 heavy (non-hydrogen) atoms. The second kappa shape index (κ2) is 9.57. The highest BCUT2D eigenvalue weighted by Gasteiger charge is 2.30. The quantitative estimate of drug-likeness (QED) is 0.416. The first-order chi connectivity index (χ1) is 11.7. The smallest absolute Gasteiger partial charge is 0.330 e. The molecule has 0 aromatic carbocycles. The first-order valence-corrected chi connectivity index (χ1v) is 8.94. The summed E-state index contributed by atoms with van der Waals surface area (Å²) in [5.74, 6) is -0.314. The van der Waals surface area contributed by atoms with Crippen LogP contribution in [0.3, 0.4) is 0 Å². The van der Waals surface area contributed by atoms with Gasteiger partial charge in [0.05, 0.1) is 12.7 Å². The van der Waals surface area contributed by atoms with Gasteiger partial charge in [-0.25, -0.2) is 4.79 Å². The molecule has 1 N–H and O–H groups in total. The molecule has 3 nitrogen and oxygen atoms in total. The van der Waals surface area contributed by atoms with E-state index in [1.54, 1.807) is 6.92 Å². The van der Waals surface area contributed by atoms with Gasteiger partial charge in [0.1, 0.15) is 0 Å². The topological polar surface area (TPSA) is 46.5 Å². The van der Waals surface area contributed by atoms with Crippen LogP contribution in [-0.2, 0) is 9.53 Å². The van der Waals surface area contributed by atoms with Crippen LogP contribution in [0, 0.1) is 5.41 Å². The van der Waals surface area contributed by atoms with Crippen LogP contribution in [0.4, 0.5) is 0 Å². The number of rotatable bonds is 6. The van der Waals surface area contributed by atoms with Crippen molar-refractivity contribution in [1.29, 1.82) is 0 Å². The van der Waals surface area contributed by atoms with Gasteiger partial charge < -0.3 is 9.84 Å². The fourth-order valence-electron chi connectivity index (χ4n) is 2.96. The summed E-state index contributed by atoms with van der Waals surface area (Å²) < 4.78 is 4.88. The number of esters is 1. The van der Waals surface area contributed by atoms with Crippen molar-refractivity contribution in [2.75, 3.05) is 6.61 Å². The molecule has 0 saturated carbocycles. The van der Waals surface area contributed by atoms with Crippen molar-refractivity contribution in [2.45, 2.75) is 60.5 Å². The molecule has 1 rings (SSSR count). The Morgan fingerprint density at radius 3 is 2.60 bits per heavy atom. The molecule has 1 unspecified atom stereocenters. The molecule has 1 aliphatic carbocycles. The Balaban J connectivity index is 2.80. The Labute approximate surface area is 152 Å². The molecule has 3 heteroatoms. The van der Waals surface area contributed by atoms with Gasteiger partial charge in [-0.3, -0.25) is 0 Å². The van der Waals surface area contributed by atoms with Crippen molar-refractivity contribution >= 4 is 5.97 Å². The van der Waals surface area contributed by atoms with E-state index in [9.17, 15) is 9.90 Å². The van der Waals surface area contributed by atoms with Crippen molar-refractivity contribution in [1.82, 2.24) is 0 Å². The van der Waals surface area contributed by atoms with E-state index in [0.29, 0.717) is 6.61 Å². The highest BCUT2D eigenvalue weighted by atomic mass is 16.5. The fourth-order valence-corrected chi connectivity index (χ4v) is 2.96. The minimum atomic E-state index is -0.326. The van der Waals surface area contributed by atoms with Gasteiger partial charge in [-0.1, -0.05) is 49.8 Å². The van der Waals surface area contributed by atoms with E-state index in [-0.39, 0.29) is 17.5 Å². The Morgan fingerprint density at radius 2 is 1.96 bits per heavy atom. The van der Waals surface area contributed by atoms with Gasteiger partial charge in [-0.15, -0.1) is 0 Å².